The van der Waals surface area contributed by atoms with Crippen LogP contribution in [0.3, 0.4) is 0 Å². The number of rotatable bonds is 1. The number of hydrogen-bond acceptors (Lipinski definition) is 2. The molecule has 1 aromatic heterocycles. The minimum atomic E-state index is -0.151. The van der Waals surface area contributed by atoms with Gasteiger partial charge in [0.25, 0.3) is 0 Å². The Morgan fingerprint density at radius 2 is 2.12 bits per heavy atom. The Kier molecular flexibility index (Phi) is 1.77. The monoisotopic (exact) mass is 226 g/mol. The lowest BCUT2D eigenvalue weighted by molar-refractivity contribution is 0.00415. The van der Waals surface area contributed by atoms with Gasteiger partial charge in [0.15, 0.2) is 0 Å². The SMILES string of the molecule is O[C@@H]1CC[C@H]1[C@@H]1c2ccccc2-c2cncn21. The van der Waals surface area contributed by atoms with E-state index >= 15 is 0 Å². The first-order valence-electron chi connectivity index (χ1n) is 6.15. The van der Waals surface area contributed by atoms with Crippen LogP contribution in [0.15, 0.2) is 36.8 Å². The lowest BCUT2D eigenvalue weighted by atomic mass is 9.74. The molecule has 0 saturated heterocycles. The fraction of sp³-hybridized carbons (Fsp3) is 0.357. The molecule has 3 heteroatoms. The predicted octanol–water partition coefficient (Wildman–Crippen LogP) is 2.22. The number of benzene rings is 1. The smallest absolute Gasteiger partial charge is 0.0956 e. The van der Waals surface area contributed by atoms with Gasteiger partial charge in [0.05, 0.1) is 30.4 Å². The summed E-state index contributed by atoms with van der Waals surface area (Å²) in [6.45, 7) is 0. The molecule has 1 aliphatic heterocycles. The zero-order valence-electron chi connectivity index (χ0n) is 9.45. The highest BCUT2D eigenvalue weighted by Gasteiger charge is 2.41. The lowest BCUT2D eigenvalue weighted by Crippen LogP contribution is -2.37. The zero-order chi connectivity index (χ0) is 11.4. The maximum atomic E-state index is 9.92. The number of hydrogen-bond donors (Lipinski definition) is 1. The molecule has 1 saturated carbocycles. The summed E-state index contributed by atoms with van der Waals surface area (Å²) < 4.78 is 2.22. The fourth-order valence-corrected chi connectivity index (χ4v) is 3.19. The molecule has 1 N–H and O–H groups in total. The van der Waals surface area contributed by atoms with Crippen molar-refractivity contribution in [1.29, 1.82) is 0 Å². The van der Waals surface area contributed by atoms with E-state index in [4.69, 9.17) is 0 Å². The van der Waals surface area contributed by atoms with Gasteiger partial charge in [-0.25, -0.2) is 4.98 Å². The average molecular weight is 226 g/mol. The van der Waals surface area contributed by atoms with Gasteiger partial charge in [0, 0.05) is 11.5 Å². The van der Waals surface area contributed by atoms with Gasteiger partial charge in [-0.3, -0.25) is 0 Å². The van der Waals surface area contributed by atoms with Gasteiger partial charge >= 0.3 is 0 Å². The molecular weight excluding hydrogens is 212 g/mol. The van der Waals surface area contributed by atoms with Gasteiger partial charge in [-0.15, -0.1) is 0 Å². The van der Waals surface area contributed by atoms with Crippen molar-refractivity contribution < 1.29 is 5.11 Å². The second-order valence-electron chi connectivity index (χ2n) is 5.03. The molecule has 86 valence electrons. The van der Waals surface area contributed by atoms with Crippen LogP contribution >= 0.6 is 0 Å². The van der Waals surface area contributed by atoms with E-state index in [-0.39, 0.29) is 12.1 Å². The molecule has 1 aliphatic carbocycles. The first-order valence-corrected chi connectivity index (χ1v) is 6.15. The molecule has 1 aromatic carbocycles. The van der Waals surface area contributed by atoms with Gasteiger partial charge < -0.3 is 9.67 Å². The van der Waals surface area contributed by atoms with E-state index in [0.29, 0.717) is 5.92 Å². The van der Waals surface area contributed by atoms with Gasteiger partial charge in [0.1, 0.15) is 0 Å². The molecule has 2 heterocycles. The van der Waals surface area contributed by atoms with Gasteiger partial charge in [-0.2, -0.15) is 0 Å². The van der Waals surface area contributed by atoms with Crippen molar-refractivity contribution >= 4 is 0 Å². The van der Waals surface area contributed by atoms with Crippen LogP contribution in [0.4, 0.5) is 0 Å². The molecule has 1 fully saturated rings. The maximum absolute atomic E-state index is 9.92. The van der Waals surface area contributed by atoms with Crippen molar-refractivity contribution in [3.8, 4) is 11.3 Å². The van der Waals surface area contributed by atoms with E-state index in [0.717, 1.165) is 12.8 Å². The van der Waals surface area contributed by atoms with Crippen LogP contribution in [0.5, 0.6) is 0 Å². The first-order chi connectivity index (χ1) is 8.36. The Hall–Kier alpha value is -1.61. The van der Waals surface area contributed by atoms with Gasteiger partial charge in [-0.1, -0.05) is 24.3 Å². The third kappa shape index (κ3) is 1.12. The van der Waals surface area contributed by atoms with E-state index in [9.17, 15) is 5.11 Å². The molecule has 4 rings (SSSR count). The summed E-state index contributed by atoms with van der Waals surface area (Å²) in [5.74, 6) is 0.353. The van der Waals surface area contributed by atoms with Gasteiger partial charge in [-0.05, 0) is 18.4 Å². The van der Waals surface area contributed by atoms with E-state index in [1.54, 1.807) is 0 Å². The first kappa shape index (κ1) is 9.42. The Bertz CT molecular complexity index is 575. The highest BCUT2D eigenvalue weighted by molar-refractivity contribution is 5.69. The lowest BCUT2D eigenvalue weighted by Gasteiger charge is -2.38. The summed E-state index contributed by atoms with van der Waals surface area (Å²) >= 11 is 0. The molecule has 0 amide bonds. The Labute approximate surface area is 99.7 Å². The Balaban J connectivity index is 1.90. The molecule has 2 aromatic rings. The third-order valence-electron chi connectivity index (χ3n) is 4.22. The molecule has 17 heavy (non-hydrogen) atoms. The number of nitrogens with zero attached hydrogens (tertiary/aromatic N) is 2. The van der Waals surface area contributed by atoms with Gasteiger partial charge in [0.2, 0.25) is 0 Å². The van der Waals surface area contributed by atoms with Crippen molar-refractivity contribution in [2.24, 2.45) is 5.92 Å². The number of aliphatic hydroxyl groups excluding tert-OH is 1. The summed E-state index contributed by atoms with van der Waals surface area (Å²) in [4.78, 5) is 4.24. The maximum Gasteiger partial charge on any atom is 0.0956 e. The second-order valence-corrected chi connectivity index (χ2v) is 5.03. The topological polar surface area (TPSA) is 38.1 Å². The molecule has 2 aliphatic rings. The standard InChI is InChI=1S/C14H14N2O/c17-13-6-5-11(13)14-10-4-2-1-3-9(10)12-7-15-8-16(12)14/h1-4,7-8,11,13-14,17H,5-6H2/t11-,13-,14+/m1/s1. The fourth-order valence-electron chi connectivity index (χ4n) is 3.19. The van der Waals surface area contributed by atoms with E-state index in [1.807, 2.05) is 12.5 Å². The van der Waals surface area contributed by atoms with Crippen LogP contribution in [-0.4, -0.2) is 20.8 Å². The normalized spacial score (nSPS) is 29.6. The average Bonchev–Trinajstić information content (AvgIpc) is 2.91. The molecule has 0 unspecified atom stereocenters. The van der Waals surface area contributed by atoms with Crippen molar-refractivity contribution in [1.82, 2.24) is 9.55 Å². The largest absolute Gasteiger partial charge is 0.393 e. The van der Waals surface area contributed by atoms with Crippen LogP contribution in [-0.2, 0) is 0 Å². The molecule has 3 atom stereocenters. The summed E-state index contributed by atoms with van der Waals surface area (Å²) in [5, 5.41) is 9.92. The zero-order valence-corrected chi connectivity index (χ0v) is 9.45. The number of aromatic nitrogens is 2. The van der Waals surface area contributed by atoms with Crippen molar-refractivity contribution in [3.63, 3.8) is 0 Å². The molecule has 0 bridgehead atoms. The molecule has 0 spiro atoms. The summed E-state index contributed by atoms with van der Waals surface area (Å²) in [6, 6.07) is 8.76. The minimum Gasteiger partial charge on any atom is -0.393 e. The highest BCUT2D eigenvalue weighted by Crippen LogP contribution is 2.48. The van der Waals surface area contributed by atoms with Crippen molar-refractivity contribution in [3.05, 3.63) is 42.4 Å². The summed E-state index contributed by atoms with van der Waals surface area (Å²) in [5.41, 5.74) is 3.80. The number of imidazole rings is 1. The third-order valence-corrected chi connectivity index (χ3v) is 4.22. The second kappa shape index (κ2) is 3.20. The van der Waals surface area contributed by atoms with Crippen LogP contribution in [0.1, 0.15) is 24.4 Å². The van der Waals surface area contributed by atoms with Crippen molar-refractivity contribution in [2.75, 3.05) is 0 Å². The quantitative estimate of drug-likeness (QED) is 0.809. The highest BCUT2D eigenvalue weighted by atomic mass is 16.3. The van der Waals surface area contributed by atoms with Crippen LogP contribution in [0.25, 0.3) is 11.3 Å². The van der Waals surface area contributed by atoms with Crippen LogP contribution in [0, 0.1) is 5.92 Å². The predicted molar refractivity (Wildman–Crippen MR) is 64.5 cm³/mol. The number of aliphatic hydroxyl groups is 1. The summed E-state index contributed by atoms with van der Waals surface area (Å²) in [6.07, 6.45) is 5.71. The van der Waals surface area contributed by atoms with E-state index in [1.165, 1.54) is 16.8 Å². The van der Waals surface area contributed by atoms with Crippen LogP contribution in [0.2, 0.25) is 0 Å². The molecule has 3 nitrogen and oxygen atoms in total. The Morgan fingerprint density at radius 1 is 1.24 bits per heavy atom. The molecule has 0 radical (unpaired) electrons. The Morgan fingerprint density at radius 3 is 2.88 bits per heavy atom. The van der Waals surface area contributed by atoms with E-state index < -0.39 is 0 Å². The van der Waals surface area contributed by atoms with E-state index in [2.05, 4.69) is 33.8 Å². The van der Waals surface area contributed by atoms with Crippen LogP contribution < -0.4 is 0 Å². The number of fused-ring (bicyclic) bond motifs is 3. The summed E-state index contributed by atoms with van der Waals surface area (Å²) in [7, 11) is 0. The minimum absolute atomic E-state index is 0.151. The molecular formula is C14H14N2O. The van der Waals surface area contributed by atoms with Crippen molar-refractivity contribution in [2.45, 2.75) is 25.0 Å².